The van der Waals surface area contributed by atoms with Crippen molar-refractivity contribution in [3.63, 3.8) is 0 Å². The van der Waals surface area contributed by atoms with Crippen LogP contribution < -0.4 is 0 Å². The number of halogens is 3. The number of alkyl halides is 3. The Hall–Kier alpha value is -1.85. The van der Waals surface area contributed by atoms with Gasteiger partial charge in [0.05, 0.1) is 17.8 Å². The van der Waals surface area contributed by atoms with E-state index in [1.807, 2.05) is 18.4 Å². The Balaban J connectivity index is 2.34. The van der Waals surface area contributed by atoms with Crippen molar-refractivity contribution in [3.8, 4) is 0 Å². The summed E-state index contributed by atoms with van der Waals surface area (Å²) in [6.45, 7) is 5.24. The molecule has 0 fully saturated rings. The average molecular weight is 281 g/mol. The largest absolute Gasteiger partial charge is 0.417 e. The van der Waals surface area contributed by atoms with E-state index in [1.54, 1.807) is 6.21 Å². The highest BCUT2D eigenvalue weighted by molar-refractivity contribution is 5.94. The van der Waals surface area contributed by atoms with Gasteiger partial charge in [-0.05, 0) is 17.5 Å². The van der Waals surface area contributed by atoms with Gasteiger partial charge in [-0.3, -0.25) is 4.99 Å². The second-order valence-electron chi connectivity index (χ2n) is 5.23. The summed E-state index contributed by atoms with van der Waals surface area (Å²) < 4.78 is 40.5. The normalized spacial score (nSPS) is 15.1. The molecule has 0 aliphatic carbocycles. The summed E-state index contributed by atoms with van der Waals surface area (Å²) in [7, 11) is 0. The molecule has 0 atom stereocenters. The second-order valence-corrected chi connectivity index (χ2v) is 5.23. The van der Waals surface area contributed by atoms with Crippen LogP contribution in [0.15, 0.2) is 17.3 Å². The summed E-state index contributed by atoms with van der Waals surface area (Å²) in [5, 5.41) is 0.582. The fraction of sp³-hybridized carbons (Fsp3) is 0.429. The third-order valence-electron chi connectivity index (χ3n) is 3.55. The maximum atomic E-state index is 12.9. The van der Waals surface area contributed by atoms with Gasteiger partial charge in [0.15, 0.2) is 0 Å². The summed E-state index contributed by atoms with van der Waals surface area (Å²) in [5.41, 5.74) is 1.68. The smallest absolute Gasteiger partial charge is 0.322 e. The topological polar surface area (TPSA) is 30.2 Å². The third-order valence-corrected chi connectivity index (χ3v) is 3.55. The zero-order valence-electron chi connectivity index (χ0n) is 11.2. The first kappa shape index (κ1) is 13.1. The molecule has 0 unspecified atom stereocenters. The van der Waals surface area contributed by atoms with Crippen LogP contribution in [0.25, 0.3) is 11.0 Å². The average Bonchev–Trinajstić information content (AvgIpc) is 2.71. The monoisotopic (exact) mass is 281 g/mol. The maximum Gasteiger partial charge on any atom is 0.417 e. The van der Waals surface area contributed by atoms with Crippen molar-refractivity contribution in [1.29, 1.82) is 0 Å². The van der Waals surface area contributed by atoms with E-state index in [0.29, 0.717) is 24.1 Å². The highest BCUT2D eigenvalue weighted by Gasteiger charge is 2.32. The first-order chi connectivity index (χ1) is 9.39. The number of rotatable bonds is 1. The van der Waals surface area contributed by atoms with Crippen LogP contribution in [0.3, 0.4) is 0 Å². The van der Waals surface area contributed by atoms with Gasteiger partial charge in [0, 0.05) is 24.3 Å². The minimum absolute atomic E-state index is 0.114. The van der Waals surface area contributed by atoms with E-state index in [4.69, 9.17) is 0 Å². The fourth-order valence-corrected chi connectivity index (χ4v) is 2.70. The number of fused-ring (bicyclic) bond motifs is 3. The molecule has 0 radical (unpaired) electrons. The van der Waals surface area contributed by atoms with E-state index in [2.05, 4.69) is 9.98 Å². The van der Waals surface area contributed by atoms with Crippen molar-refractivity contribution in [1.82, 2.24) is 9.55 Å². The van der Waals surface area contributed by atoms with Crippen molar-refractivity contribution in [3.05, 3.63) is 29.1 Å². The highest BCUT2D eigenvalue weighted by Crippen LogP contribution is 2.35. The molecule has 1 aliphatic rings. The quantitative estimate of drug-likeness (QED) is 0.785. The molecule has 0 amide bonds. The molecule has 20 heavy (non-hydrogen) atoms. The molecule has 6 heteroatoms. The predicted octanol–water partition coefficient (Wildman–Crippen LogP) is 3.61. The Morgan fingerprint density at radius 2 is 2.05 bits per heavy atom. The van der Waals surface area contributed by atoms with Crippen LogP contribution in [0, 0.1) is 0 Å². The van der Waals surface area contributed by atoms with E-state index in [-0.39, 0.29) is 5.92 Å². The van der Waals surface area contributed by atoms with E-state index in [1.165, 1.54) is 6.07 Å². The number of aliphatic imine (C=N–C) groups is 1. The summed E-state index contributed by atoms with van der Waals surface area (Å²) in [4.78, 5) is 8.28. The van der Waals surface area contributed by atoms with Gasteiger partial charge < -0.3 is 4.57 Å². The molecule has 106 valence electrons. The van der Waals surface area contributed by atoms with Gasteiger partial charge in [0.25, 0.3) is 0 Å². The van der Waals surface area contributed by atoms with Crippen molar-refractivity contribution in [2.24, 2.45) is 4.99 Å². The van der Waals surface area contributed by atoms with E-state index >= 15 is 0 Å². The molecule has 1 aliphatic heterocycles. The van der Waals surface area contributed by atoms with Gasteiger partial charge in [-0.15, -0.1) is 0 Å². The maximum absolute atomic E-state index is 12.9. The van der Waals surface area contributed by atoms with Crippen LogP contribution in [0.2, 0.25) is 0 Å². The lowest BCUT2D eigenvalue weighted by Crippen LogP contribution is -2.12. The summed E-state index contributed by atoms with van der Waals surface area (Å²) in [5.74, 6) is 0.114. The zero-order chi connectivity index (χ0) is 14.5. The molecule has 0 bridgehead atoms. The molecule has 3 heterocycles. The molecule has 0 aromatic carbocycles. The Kier molecular flexibility index (Phi) is 2.84. The zero-order valence-corrected chi connectivity index (χ0v) is 11.2. The Labute approximate surface area is 114 Å². The van der Waals surface area contributed by atoms with Gasteiger partial charge in [-0.1, -0.05) is 13.8 Å². The lowest BCUT2D eigenvalue weighted by atomic mass is 9.99. The van der Waals surface area contributed by atoms with Crippen LogP contribution in [0.1, 0.15) is 36.6 Å². The Bertz CT molecular complexity index is 696. The minimum Gasteiger partial charge on any atom is -0.322 e. The summed E-state index contributed by atoms with van der Waals surface area (Å²) >= 11 is 0. The molecule has 2 aromatic rings. The minimum atomic E-state index is -4.37. The molecular formula is C14H14F3N3. The molecule has 0 saturated carbocycles. The number of hydrogen-bond acceptors (Lipinski definition) is 2. The molecule has 0 saturated heterocycles. The van der Waals surface area contributed by atoms with E-state index in [0.717, 1.165) is 17.5 Å². The molecular weight excluding hydrogens is 267 g/mol. The number of aromatic nitrogens is 2. The van der Waals surface area contributed by atoms with Crippen molar-refractivity contribution in [2.45, 2.75) is 32.5 Å². The van der Waals surface area contributed by atoms with Crippen molar-refractivity contribution < 1.29 is 13.2 Å². The first-order valence-electron chi connectivity index (χ1n) is 6.48. The molecule has 0 N–H and O–H groups in total. The second kappa shape index (κ2) is 4.33. The SMILES string of the molecule is CC(C)c1c2n(c3ncc(C(F)(F)F)cc13)CCN=C2. The number of hydrogen-bond donors (Lipinski definition) is 0. The van der Waals surface area contributed by atoms with E-state index in [9.17, 15) is 13.2 Å². The predicted molar refractivity (Wildman–Crippen MR) is 71.3 cm³/mol. The van der Waals surface area contributed by atoms with Crippen LogP contribution in [-0.2, 0) is 12.7 Å². The van der Waals surface area contributed by atoms with Gasteiger partial charge in [0.1, 0.15) is 5.65 Å². The van der Waals surface area contributed by atoms with Gasteiger partial charge in [-0.2, -0.15) is 13.2 Å². The van der Waals surface area contributed by atoms with Gasteiger partial charge in [-0.25, -0.2) is 4.98 Å². The van der Waals surface area contributed by atoms with Crippen molar-refractivity contribution >= 4 is 17.2 Å². The molecule has 3 nitrogen and oxygen atoms in total. The standard InChI is InChI=1S/C14H14F3N3/c1-8(2)12-10-5-9(14(15,16)17)6-19-13(10)20-4-3-18-7-11(12)20/h5-8H,3-4H2,1-2H3. The first-order valence-corrected chi connectivity index (χ1v) is 6.48. The Morgan fingerprint density at radius 1 is 1.30 bits per heavy atom. The summed E-state index contributed by atoms with van der Waals surface area (Å²) in [6, 6.07) is 1.21. The lowest BCUT2D eigenvalue weighted by molar-refractivity contribution is -0.137. The third kappa shape index (κ3) is 1.90. The number of pyridine rings is 1. The highest BCUT2D eigenvalue weighted by atomic mass is 19.4. The van der Waals surface area contributed by atoms with Crippen LogP contribution in [0.4, 0.5) is 13.2 Å². The van der Waals surface area contributed by atoms with Gasteiger partial charge >= 0.3 is 6.18 Å². The van der Waals surface area contributed by atoms with Crippen LogP contribution in [-0.4, -0.2) is 22.3 Å². The fourth-order valence-electron chi connectivity index (χ4n) is 2.70. The van der Waals surface area contributed by atoms with Gasteiger partial charge in [0.2, 0.25) is 0 Å². The molecule has 2 aromatic heterocycles. The molecule has 3 rings (SSSR count). The lowest BCUT2D eigenvalue weighted by Gasteiger charge is -2.12. The summed E-state index contributed by atoms with van der Waals surface area (Å²) in [6.07, 6.45) is -1.72. The van der Waals surface area contributed by atoms with Crippen LogP contribution >= 0.6 is 0 Å². The van der Waals surface area contributed by atoms with Crippen LogP contribution in [0.5, 0.6) is 0 Å². The molecule has 0 spiro atoms. The van der Waals surface area contributed by atoms with Crippen molar-refractivity contribution in [2.75, 3.05) is 6.54 Å². The Morgan fingerprint density at radius 3 is 2.70 bits per heavy atom. The van der Waals surface area contributed by atoms with E-state index < -0.39 is 11.7 Å². The number of nitrogens with zero attached hydrogens (tertiary/aromatic N) is 3.